The average Bonchev–Trinajstić information content (AvgIpc) is 2.31. The maximum Gasteiger partial charge on any atom is 0.0698 e. The molecule has 0 radical (unpaired) electrons. The van der Waals surface area contributed by atoms with Crippen molar-refractivity contribution in [1.82, 2.24) is 9.38 Å². The fourth-order valence-corrected chi connectivity index (χ4v) is 2.12. The topological polar surface area (TPSA) is 17.3 Å². The van der Waals surface area contributed by atoms with Crippen LogP contribution >= 0.6 is 0 Å². The molecule has 0 N–H and O–H groups in total. The lowest BCUT2D eigenvalue weighted by atomic mass is 10.1. The van der Waals surface area contributed by atoms with Crippen molar-refractivity contribution in [3.63, 3.8) is 0 Å². The largest absolute Gasteiger partial charge is 0.317 e. The number of hydrogen-bond acceptors (Lipinski definition) is 1. The summed E-state index contributed by atoms with van der Waals surface area (Å²) in [6.45, 7) is 10.6. The number of aromatic nitrogens is 2. The van der Waals surface area contributed by atoms with Gasteiger partial charge in [-0.05, 0) is 45.7 Å². The van der Waals surface area contributed by atoms with E-state index in [1.165, 1.54) is 22.3 Å². The van der Waals surface area contributed by atoms with Crippen molar-refractivity contribution in [1.29, 1.82) is 0 Å². The molecule has 2 rings (SSSR count). The monoisotopic (exact) mass is 188 g/mol. The standard InChI is InChI=1S/C12H16N2/c1-7-6-14-11(5)8(2)9(3)12(14)10(4)13-7/h6H,1-5H3. The average molecular weight is 188 g/mol. The normalized spacial score (nSPS) is 11.2. The molecule has 74 valence electrons. The van der Waals surface area contributed by atoms with Crippen LogP contribution in [0.3, 0.4) is 0 Å². The van der Waals surface area contributed by atoms with Crippen LogP contribution in [-0.2, 0) is 0 Å². The summed E-state index contributed by atoms with van der Waals surface area (Å²) in [6, 6.07) is 0. The molecule has 0 aliphatic rings. The predicted molar refractivity (Wildman–Crippen MR) is 58.9 cm³/mol. The van der Waals surface area contributed by atoms with Gasteiger partial charge >= 0.3 is 0 Å². The second-order valence-corrected chi connectivity index (χ2v) is 4.02. The van der Waals surface area contributed by atoms with Crippen molar-refractivity contribution >= 4 is 5.52 Å². The fraction of sp³-hybridized carbons (Fsp3) is 0.417. The number of rotatable bonds is 0. The molecule has 0 bridgehead atoms. The summed E-state index contributed by atoms with van der Waals surface area (Å²) >= 11 is 0. The van der Waals surface area contributed by atoms with Crippen LogP contribution in [0.15, 0.2) is 6.20 Å². The smallest absolute Gasteiger partial charge is 0.0698 e. The molecular formula is C12H16N2. The number of nitrogens with zero attached hydrogens (tertiary/aromatic N) is 2. The summed E-state index contributed by atoms with van der Waals surface area (Å²) in [5.74, 6) is 0. The lowest BCUT2D eigenvalue weighted by molar-refractivity contribution is 1.00. The van der Waals surface area contributed by atoms with Gasteiger partial charge in [0.05, 0.1) is 16.9 Å². The van der Waals surface area contributed by atoms with E-state index in [1.54, 1.807) is 0 Å². The van der Waals surface area contributed by atoms with E-state index in [9.17, 15) is 0 Å². The Labute approximate surface area is 84.6 Å². The Morgan fingerprint density at radius 2 is 1.64 bits per heavy atom. The Kier molecular flexibility index (Phi) is 1.88. The Morgan fingerprint density at radius 3 is 2.29 bits per heavy atom. The first-order valence-electron chi connectivity index (χ1n) is 4.94. The summed E-state index contributed by atoms with van der Waals surface area (Å²) in [5, 5.41) is 0. The van der Waals surface area contributed by atoms with E-state index in [2.05, 4.69) is 43.3 Å². The second kappa shape index (κ2) is 2.84. The van der Waals surface area contributed by atoms with E-state index in [1.807, 2.05) is 6.92 Å². The molecule has 0 aliphatic carbocycles. The lowest BCUT2D eigenvalue weighted by Gasteiger charge is -2.03. The van der Waals surface area contributed by atoms with E-state index in [0.717, 1.165) is 11.4 Å². The van der Waals surface area contributed by atoms with Gasteiger partial charge in [0, 0.05) is 11.9 Å². The lowest BCUT2D eigenvalue weighted by Crippen LogP contribution is -1.95. The van der Waals surface area contributed by atoms with Crippen LogP contribution in [0.2, 0.25) is 0 Å². The Bertz CT molecular complexity index is 507. The van der Waals surface area contributed by atoms with Gasteiger partial charge in [-0.3, -0.25) is 4.98 Å². The highest BCUT2D eigenvalue weighted by atomic mass is 14.9. The Balaban J connectivity index is 3.02. The van der Waals surface area contributed by atoms with Gasteiger partial charge in [-0.1, -0.05) is 0 Å². The van der Waals surface area contributed by atoms with Gasteiger partial charge in [0.25, 0.3) is 0 Å². The van der Waals surface area contributed by atoms with Crippen LogP contribution < -0.4 is 0 Å². The van der Waals surface area contributed by atoms with Gasteiger partial charge in [-0.2, -0.15) is 0 Å². The SMILES string of the molecule is Cc1cn2c(C)c(C)c(C)c2c(C)n1. The highest BCUT2D eigenvalue weighted by Gasteiger charge is 2.11. The third-order valence-corrected chi connectivity index (χ3v) is 3.07. The van der Waals surface area contributed by atoms with Gasteiger partial charge in [0.2, 0.25) is 0 Å². The second-order valence-electron chi connectivity index (χ2n) is 4.02. The van der Waals surface area contributed by atoms with Gasteiger partial charge in [0.15, 0.2) is 0 Å². The van der Waals surface area contributed by atoms with Crippen LogP contribution in [-0.4, -0.2) is 9.38 Å². The molecule has 2 nitrogen and oxygen atoms in total. The molecular weight excluding hydrogens is 172 g/mol. The van der Waals surface area contributed by atoms with Gasteiger partial charge in [-0.15, -0.1) is 0 Å². The molecule has 0 aliphatic heterocycles. The first-order chi connectivity index (χ1) is 6.52. The summed E-state index contributed by atoms with van der Waals surface area (Å²) in [6.07, 6.45) is 2.11. The van der Waals surface area contributed by atoms with Crippen LogP contribution in [0.25, 0.3) is 5.52 Å². The number of fused-ring (bicyclic) bond motifs is 1. The highest BCUT2D eigenvalue weighted by molar-refractivity contribution is 5.63. The van der Waals surface area contributed by atoms with Gasteiger partial charge in [0.1, 0.15) is 0 Å². The van der Waals surface area contributed by atoms with Crippen LogP contribution in [0.1, 0.15) is 28.2 Å². The third-order valence-electron chi connectivity index (χ3n) is 3.07. The summed E-state index contributed by atoms with van der Waals surface area (Å²) in [5.41, 5.74) is 7.52. The molecule has 2 aromatic heterocycles. The first-order valence-corrected chi connectivity index (χ1v) is 4.94. The van der Waals surface area contributed by atoms with E-state index in [0.29, 0.717) is 0 Å². The maximum absolute atomic E-state index is 4.50. The van der Waals surface area contributed by atoms with Crippen molar-refractivity contribution in [3.05, 3.63) is 34.4 Å². The first kappa shape index (κ1) is 9.25. The van der Waals surface area contributed by atoms with Crippen LogP contribution in [0, 0.1) is 34.6 Å². The van der Waals surface area contributed by atoms with E-state index < -0.39 is 0 Å². The van der Waals surface area contributed by atoms with Crippen LogP contribution in [0.4, 0.5) is 0 Å². The molecule has 0 saturated heterocycles. The van der Waals surface area contributed by atoms with Crippen molar-refractivity contribution in [2.45, 2.75) is 34.6 Å². The van der Waals surface area contributed by atoms with Crippen molar-refractivity contribution in [2.75, 3.05) is 0 Å². The molecule has 0 aromatic carbocycles. The zero-order valence-electron chi connectivity index (χ0n) is 9.47. The van der Waals surface area contributed by atoms with Crippen LogP contribution in [0.5, 0.6) is 0 Å². The minimum Gasteiger partial charge on any atom is -0.317 e. The molecule has 0 atom stereocenters. The minimum atomic E-state index is 1.08. The molecule has 0 saturated carbocycles. The number of aryl methyl sites for hydroxylation is 4. The van der Waals surface area contributed by atoms with Gasteiger partial charge < -0.3 is 4.40 Å². The molecule has 2 heterocycles. The van der Waals surface area contributed by atoms with E-state index in [4.69, 9.17) is 0 Å². The Morgan fingerprint density at radius 1 is 1.00 bits per heavy atom. The van der Waals surface area contributed by atoms with E-state index >= 15 is 0 Å². The minimum absolute atomic E-state index is 1.08. The molecule has 0 fully saturated rings. The quantitative estimate of drug-likeness (QED) is 0.621. The molecule has 2 heteroatoms. The molecule has 0 unspecified atom stereocenters. The zero-order chi connectivity index (χ0) is 10.5. The third kappa shape index (κ3) is 1.07. The predicted octanol–water partition coefficient (Wildman–Crippen LogP) is 2.88. The molecule has 14 heavy (non-hydrogen) atoms. The molecule has 0 amide bonds. The Hall–Kier alpha value is -1.31. The molecule has 0 spiro atoms. The fourth-order valence-electron chi connectivity index (χ4n) is 2.12. The maximum atomic E-state index is 4.50. The summed E-state index contributed by atoms with van der Waals surface area (Å²) < 4.78 is 2.25. The van der Waals surface area contributed by atoms with Crippen molar-refractivity contribution < 1.29 is 0 Å². The van der Waals surface area contributed by atoms with Gasteiger partial charge in [-0.25, -0.2) is 0 Å². The molecule has 2 aromatic rings. The highest BCUT2D eigenvalue weighted by Crippen LogP contribution is 2.23. The summed E-state index contributed by atoms with van der Waals surface area (Å²) in [7, 11) is 0. The van der Waals surface area contributed by atoms with Crippen molar-refractivity contribution in [2.24, 2.45) is 0 Å². The number of hydrogen-bond donors (Lipinski definition) is 0. The van der Waals surface area contributed by atoms with Crippen molar-refractivity contribution in [3.8, 4) is 0 Å². The zero-order valence-corrected chi connectivity index (χ0v) is 9.47. The van der Waals surface area contributed by atoms with E-state index in [-0.39, 0.29) is 0 Å². The summed E-state index contributed by atoms with van der Waals surface area (Å²) in [4.78, 5) is 4.50.